The van der Waals surface area contributed by atoms with Crippen molar-refractivity contribution in [2.45, 2.75) is 0 Å². The summed E-state index contributed by atoms with van der Waals surface area (Å²) < 4.78 is 24.9. The number of urea groups is 1. The number of fused-ring (bicyclic) bond motifs is 3. The van der Waals surface area contributed by atoms with Gasteiger partial charge in [0.25, 0.3) is 0 Å². The molecule has 2 amide bonds. The minimum Gasteiger partial charge on any atom is -0.495 e. The summed E-state index contributed by atoms with van der Waals surface area (Å²) in [5, 5.41) is 6.99. The molecule has 130 valence electrons. The molecule has 0 aliphatic rings. The van der Waals surface area contributed by atoms with Crippen molar-refractivity contribution < 1.29 is 18.3 Å². The van der Waals surface area contributed by atoms with Crippen molar-refractivity contribution in [1.82, 2.24) is 0 Å². The first-order chi connectivity index (χ1) is 12.7. The van der Waals surface area contributed by atoms with Gasteiger partial charge in [-0.15, -0.1) is 0 Å². The maximum Gasteiger partial charge on any atom is 0.323 e. The number of halogens is 1. The molecule has 0 spiro atoms. The van der Waals surface area contributed by atoms with Gasteiger partial charge in [0.2, 0.25) is 0 Å². The number of amides is 2. The lowest BCUT2D eigenvalue weighted by atomic mass is 10.1. The lowest BCUT2D eigenvalue weighted by Crippen LogP contribution is -2.20. The Kier molecular flexibility index (Phi) is 3.93. The van der Waals surface area contributed by atoms with Crippen LogP contribution in [0.5, 0.6) is 5.75 Å². The summed E-state index contributed by atoms with van der Waals surface area (Å²) in [5.41, 5.74) is 1.88. The van der Waals surface area contributed by atoms with Crippen LogP contribution in [0.2, 0.25) is 0 Å². The minimum atomic E-state index is -0.580. The number of ether oxygens (including phenoxy) is 1. The van der Waals surface area contributed by atoms with Gasteiger partial charge in [-0.2, -0.15) is 0 Å². The normalized spacial score (nSPS) is 10.8. The fraction of sp³-hybridized carbons (Fsp3) is 0.0500. The zero-order chi connectivity index (χ0) is 18.1. The molecule has 0 saturated carbocycles. The minimum absolute atomic E-state index is 0.0915. The summed E-state index contributed by atoms with van der Waals surface area (Å²) in [6, 6.07) is 16.5. The summed E-state index contributed by atoms with van der Waals surface area (Å²) in [6.07, 6.45) is 0. The Balaban J connectivity index is 1.68. The molecule has 6 heteroatoms. The number of para-hydroxylation sites is 2. The van der Waals surface area contributed by atoms with E-state index in [-0.39, 0.29) is 5.69 Å². The van der Waals surface area contributed by atoms with Gasteiger partial charge in [-0.25, -0.2) is 9.18 Å². The molecule has 0 aliphatic heterocycles. The summed E-state index contributed by atoms with van der Waals surface area (Å²) in [4.78, 5) is 12.2. The third kappa shape index (κ3) is 2.82. The van der Waals surface area contributed by atoms with Gasteiger partial charge in [0.15, 0.2) is 0 Å². The van der Waals surface area contributed by atoms with Gasteiger partial charge in [-0.1, -0.05) is 30.3 Å². The first-order valence-electron chi connectivity index (χ1n) is 7.97. The number of furan rings is 1. The van der Waals surface area contributed by atoms with Gasteiger partial charge >= 0.3 is 6.03 Å². The third-order valence-electron chi connectivity index (χ3n) is 4.07. The van der Waals surface area contributed by atoms with E-state index in [0.717, 1.165) is 16.4 Å². The molecule has 4 aromatic rings. The molecule has 0 radical (unpaired) electrons. The monoisotopic (exact) mass is 350 g/mol. The number of hydrogen-bond donors (Lipinski definition) is 2. The molecule has 3 aromatic carbocycles. The number of methoxy groups -OCH3 is 1. The Bertz CT molecular complexity index is 1120. The molecule has 5 nitrogen and oxygen atoms in total. The zero-order valence-electron chi connectivity index (χ0n) is 13.9. The van der Waals surface area contributed by atoms with Gasteiger partial charge in [0.05, 0.1) is 18.5 Å². The molecule has 2 N–H and O–H groups in total. The molecule has 0 unspecified atom stereocenters. The summed E-state index contributed by atoms with van der Waals surface area (Å²) >= 11 is 0. The average molecular weight is 350 g/mol. The van der Waals surface area contributed by atoms with Gasteiger partial charge in [-0.05, 0) is 24.3 Å². The highest BCUT2D eigenvalue weighted by Gasteiger charge is 2.14. The SMILES string of the molecule is COc1cc2c(cc1NC(=O)Nc1ccccc1F)oc1ccccc12. The van der Waals surface area contributed by atoms with Crippen LogP contribution in [-0.4, -0.2) is 13.1 Å². The van der Waals surface area contributed by atoms with E-state index in [4.69, 9.17) is 9.15 Å². The van der Waals surface area contributed by atoms with Crippen LogP contribution in [0.3, 0.4) is 0 Å². The molecule has 0 aliphatic carbocycles. The zero-order valence-corrected chi connectivity index (χ0v) is 13.9. The number of carbonyl (C=O) groups excluding carboxylic acids is 1. The van der Waals surface area contributed by atoms with Crippen LogP contribution >= 0.6 is 0 Å². The fourth-order valence-electron chi connectivity index (χ4n) is 2.86. The maximum atomic E-state index is 13.7. The van der Waals surface area contributed by atoms with Crippen molar-refractivity contribution in [2.24, 2.45) is 0 Å². The van der Waals surface area contributed by atoms with E-state index in [1.54, 1.807) is 24.3 Å². The van der Waals surface area contributed by atoms with Crippen LogP contribution in [0.25, 0.3) is 21.9 Å². The first kappa shape index (κ1) is 16.0. The molecule has 0 fully saturated rings. The Labute approximate surface area is 148 Å². The molecule has 0 atom stereocenters. The lowest BCUT2D eigenvalue weighted by molar-refractivity contribution is 0.262. The van der Waals surface area contributed by atoms with E-state index in [1.165, 1.54) is 19.2 Å². The van der Waals surface area contributed by atoms with E-state index in [0.29, 0.717) is 17.0 Å². The van der Waals surface area contributed by atoms with Crippen LogP contribution in [-0.2, 0) is 0 Å². The maximum absolute atomic E-state index is 13.7. The first-order valence-corrected chi connectivity index (χ1v) is 7.97. The standard InChI is InChI=1S/C20H15FN2O3/c1-25-19-10-13-12-6-2-5-9-17(12)26-18(13)11-16(19)23-20(24)22-15-8-4-3-7-14(15)21/h2-11H,1H3,(H2,22,23,24). The molecule has 0 bridgehead atoms. The highest BCUT2D eigenvalue weighted by atomic mass is 19.1. The second-order valence-electron chi connectivity index (χ2n) is 5.71. The van der Waals surface area contributed by atoms with Crippen molar-refractivity contribution in [1.29, 1.82) is 0 Å². The summed E-state index contributed by atoms with van der Waals surface area (Å²) in [5.74, 6) is -0.0323. The number of anilines is 2. The highest BCUT2D eigenvalue weighted by molar-refractivity contribution is 6.08. The van der Waals surface area contributed by atoms with Crippen LogP contribution in [0, 0.1) is 5.82 Å². The number of rotatable bonds is 3. The number of benzene rings is 3. The fourth-order valence-corrected chi connectivity index (χ4v) is 2.86. The number of nitrogens with one attached hydrogen (secondary N) is 2. The molecule has 1 aromatic heterocycles. The topological polar surface area (TPSA) is 63.5 Å². The van der Waals surface area contributed by atoms with Crippen molar-refractivity contribution in [3.05, 3.63) is 66.5 Å². The predicted molar refractivity (Wildman–Crippen MR) is 99.3 cm³/mol. The van der Waals surface area contributed by atoms with Crippen LogP contribution in [0.15, 0.2) is 65.1 Å². The van der Waals surface area contributed by atoms with Crippen molar-refractivity contribution in [3.63, 3.8) is 0 Å². The van der Waals surface area contributed by atoms with Gasteiger partial charge in [0, 0.05) is 16.8 Å². The number of carbonyl (C=O) groups is 1. The van der Waals surface area contributed by atoms with E-state index in [2.05, 4.69) is 10.6 Å². The molecular weight excluding hydrogens is 335 g/mol. The lowest BCUT2D eigenvalue weighted by Gasteiger charge is -2.11. The molecule has 0 saturated heterocycles. The Morgan fingerprint density at radius 2 is 1.65 bits per heavy atom. The van der Waals surface area contributed by atoms with E-state index < -0.39 is 11.8 Å². The van der Waals surface area contributed by atoms with Gasteiger partial charge in [0.1, 0.15) is 22.7 Å². The smallest absolute Gasteiger partial charge is 0.323 e. The predicted octanol–water partition coefficient (Wildman–Crippen LogP) is 5.38. The second-order valence-corrected chi connectivity index (χ2v) is 5.71. The molecule has 26 heavy (non-hydrogen) atoms. The molecule has 1 heterocycles. The molecular formula is C20H15FN2O3. The second kappa shape index (κ2) is 6.40. The van der Waals surface area contributed by atoms with Crippen LogP contribution < -0.4 is 15.4 Å². The van der Waals surface area contributed by atoms with Gasteiger partial charge in [-0.3, -0.25) is 0 Å². The summed E-state index contributed by atoms with van der Waals surface area (Å²) in [6.45, 7) is 0. The largest absolute Gasteiger partial charge is 0.495 e. The molecule has 4 rings (SSSR count). The van der Waals surface area contributed by atoms with Gasteiger partial charge < -0.3 is 19.8 Å². The quantitative estimate of drug-likeness (QED) is 0.521. The van der Waals surface area contributed by atoms with E-state index >= 15 is 0 Å². The van der Waals surface area contributed by atoms with Crippen molar-refractivity contribution in [3.8, 4) is 5.75 Å². The highest BCUT2D eigenvalue weighted by Crippen LogP contribution is 2.36. The Morgan fingerprint density at radius 1 is 0.923 bits per heavy atom. The van der Waals surface area contributed by atoms with E-state index in [9.17, 15) is 9.18 Å². The van der Waals surface area contributed by atoms with Crippen LogP contribution in [0.1, 0.15) is 0 Å². The Hall–Kier alpha value is -3.54. The van der Waals surface area contributed by atoms with E-state index in [1.807, 2.05) is 24.3 Å². The van der Waals surface area contributed by atoms with Crippen molar-refractivity contribution >= 4 is 39.3 Å². The van der Waals surface area contributed by atoms with Crippen LogP contribution in [0.4, 0.5) is 20.6 Å². The summed E-state index contributed by atoms with van der Waals surface area (Å²) in [7, 11) is 1.52. The van der Waals surface area contributed by atoms with Crippen molar-refractivity contribution in [2.75, 3.05) is 17.7 Å². The third-order valence-corrected chi connectivity index (χ3v) is 4.07. The Morgan fingerprint density at radius 3 is 2.46 bits per heavy atom. The number of hydrogen-bond acceptors (Lipinski definition) is 3. The average Bonchev–Trinajstić information content (AvgIpc) is 3.00.